The number of carbonyl (C=O) groups excluding carboxylic acids is 1. The van der Waals surface area contributed by atoms with Crippen molar-refractivity contribution in [2.24, 2.45) is 5.73 Å². The summed E-state index contributed by atoms with van der Waals surface area (Å²) >= 11 is 0. The average molecular weight is 335 g/mol. The maximum Gasteiger partial charge on any atom is 0.341 e. The van der Waals surface area contributed by atoms with E-state index in [0.29, 0.717) is 0 Å². The van der Waals surface area contributed by atoms with E-state index in [1.54, 1.807) is 4.72 Å². The fourth-order valence-electron chi connectivity index (χ4n) is 1.03. The number of halogens is 3. The van der Waals surface area contributed by atoms with Gasteiger partial charge in [-0.05, 0) is 0 Å². The molecule has 0 aliphatic carbocycles. The first-order chi connectivity index (χ1) is 8.72. The van der Waals surface area contributed by atoms with Gasteiger partial charge in [-0.3, -0.25) is 0 Å². The number of carbonyl (C=O) groups is 1. The normalized spacial score (nSPS) is 11.8. The molecular weight excluding hydrogens is 322 g/mol. The zero-order valence-corrected chi connectivity index (χ0v) is 11.9. The van der Waals surface area contributed by atoms with Crippen molar-refractivity contribution in [1.29, 1.82) is 0 Å². The van der Waals surface area contributed by atoms with E-state index >= 15 is 0 Å². The van der Waals surface area contributed by atoms with Gasteiger partial charge in [-0.2, -0.15) is 0 Å². The summed E-state index contributed by atoms with van der Waals surface area (Å²) in [6, 6.07) is 0.870. The van der Waals surface area contributed by atoms with E-state index in [9.17, 15) is 22.0 Å². The molecule has 0 aliphatic heterocycles. The molecule has 3 N–H and O–H groups in total. The van der Waals surface area contributed by atoms with Gasteiger partial charge in [-0.1, -0.05) is 0 Å². The van der Waals surface area contributed by atoms with Gasteiger partial charge in [0.15, 0.2) is 0 Å². The molecule has 0 saturated heterocycles. The Kier molecular flexibility index (Phi) is 6.54. The van der Waals surface area contributed by atoms with Crippen molar-refractivity contribution in [2.45, 2.75) is 11.0 Å². The van der Waals surface area contributed by atoms with Gasteiger partial charge in [0.25, 0.3) is 15.9 Å². The number of methoxy groups -OCH3 is 1. The van der Waals surface area contributed by atoms with Gasteiger partial charge in [0, 0.05) is 6.07 Å². The number of sulfonamides is 1. The first-order valence-corrected chi connectivity index (χ1v) is 6.44. The van der Waals surface area contributed by atoms with Crippen molar-refractivity contribution in [2.75, 3.05) is 20.2 Å². The Morgan fingerprint density at radius 3 is 2.65 bits per heavy atom. The molecule has 1 rings (SSSR count). The van der Waals surface area contributed by atoms with Crippen LogP contribution in [0, 0.1) is 0 Å². The van der Waals surface area contributed by atoms with E-state index in [0.717, 1.165) is 19.4 Å². The van der Waals surface area contributed by atoms with Crippen LogP contribution in [0.2, 0.25) is 0 Å². The highest BCUT2D eigenvalue weighted by Crippen LogP contribution is 2.16. The molecule has 0 fully saturated rings. The van der Waals surface area contributed by atoms with Crippen LogP contribution in [0.15, 0.2) is 21.8 Å². The molecular formula is C9H13ClF2N2O5S. The first kappa shape index (κ1) is 18.8. The number of hydrogen-bond donors (Lipinski definition) is 2. The van der Waals surface area contributed by atoms with E-state index in [1.807, 2.05) is 0 Å². The van der Waals surface area contributed by atoms with Crippen molar-refractivity contribution in [3.63, 3.8) is 0 Å². The predicted octanol–water partition coefficient (Wildman–Crippen LogP) is 0.360. The molecule has 0 spiro atoms. The number of hydrogen-bond acceptors (Lipinski definition) is 6. The summed E-state index contributed by atoms with van der Waals surface area (Å²) < 4.78 is 59.4. The number of furan rings is 1. The Morgan fingerprint density at radius 2 is 2.15 bits per heavy atom. The summed E-state index contributed by atoms with van der Waals surface area (Å²) in [6.07, 6.45) is 0.849. The summed E-state index contributed by atoms with van der Waals surface area (Å²) in [7, 11) is -3.18. The van der Waals surface area contributed by atoms with Crippen LogP contribution in [0.1, 0.15) is 10.4 Å². The van der Waals surface area contributed by atoms with E-state index < -0.39 is 40.1 Å². The van der Waals surface area contributed by atoms with Crippen LogP contribution in [0.4, 0.5) is 8.78 Å². The summed E-state index contributed by atoms with van der Waals surface area (Å²) in [6.45, 7) is -2.17. The molecule has 0 amide bonds. The Morgan fingerprint density at radius 1 is 1.55 bits per heavy atom. The standard InChI is InChI=1S/C9H12F2N2O5S.ClH/c1-17-8(14)6-2-7(18-3-6)19(15,16)13-5-9(10,11)4-12;/h2-3,13H,4-5,12H2,1H3;1H. The Balaban J connectivity index is 0.00000361. The molecule has 20 heavy (non-hydrogen) atoms. The van der Waals surface area contributed by atoms with Gasteiger partial charge < -0.3 is 14.9 Å². The topological polar surface area (TPSA) is 112 Å². The van der Waals surface area contributed by atoms with Crippen LogP contribution in [0.3, 0.4) is 0 Å². The Bertz CT molecular complexity index is 560. The maximum atomic E-state index is 12.8. The minimum absolute atomic E-state index is 0. The lowest BCUT2D eigenvalue weighted by Gasteiger charge is -2.13. The van der Waals surface area contributed by atoms with Gasteiger partial charge in [0.1, 0.15) is 6.26 Å². The number of nitrogens with two attached hydrogens (primary N) is 1. The van der Waals surface area contributed by atoms with Gasteiger partial charge in [0.2, 0.25) is 5.09 Å². The summed E-state index contributed by atoms with van der Waals surface area (Å²) in [4.78, 5) is 11.1. The predicted molar refractivity (Wildman–Crippen MR) is 66.5 cm³/mol. The summed E-state index contributed by atoms with van der Waals surface area (Å²) in [5.41, 5.74) is 4.62. The lowest BCUT2D eigenvalue weighted by molar-refractivity contribution is 0.0169. The maximum absolute atomic E-state index is 12.8. The third kappa shape index (κ3) is 4.71. The van der Waals surface area contributed by atoms with E-state index in [-0.39, 0.29) is 18.0 Å². The van der Waals surface area contributed by atoms with Gasteiger partial charge in [-0.15, -0.1) is 12.4 Å². The lowest BCUT2D eigenvalue weighted by Crippen LogP contribution is -2.41. The number of ether oxygens (including phenoxy) is 1. The Hall–Kier alpha value is -1.23. The van der Waals surface area contributed by atoms with Crippen LogP contribution < -0.4 is 10.5 Å². The van der Waals surface area contributed by atoms with Crippen LogP contribution in [-0.4, -0.2) is 40.5 Å². The van der Waals surface area contributed by atoms with Crippen molar-refractivity contribution in [1.82, 2.24) is 4.72 Å². The first-order valence-electron chi connectivity index (χ1n) is 4.96. The highest BCUT2D eigenvalue weighted by atomic mass is 35.5. The molecule has 0 saturated carbocycles. The second-order valence-corrected chi connectivity index (χ2v) is 5.23. The molecule has 0 aromatic carbocycles. The molecule has 0 bridgehead atoms. The third-order valence-electron chi connectivity index (χ3n) is 2.08. The van der Waals surface area contributed by atoms with E-state index in [2.05, 4.69) is 9.15 Å². The largest absolute Gasteiger partial charge is 0.465 e. The van der Waals surface area contributed by atoms with Crippen molar-refractivity contribution in [3.8, 4) is 0 Å². The highest BCUT2D eigenvalue weighted by molar-refractivity contribution is 7.89. The smallest absolute Gasteiger partial charge is 0.341 e. The van der Waals surface area contributed by atoms with Crippen LogP contribution >= 0.6 is 12.4 Å². The molecule has 0 radical (unpaired) electrons. The second-order valence-electron chi connectivity index (χ2n) is 3.53. The van der Waals surface area contributed by atoms with Crippen molar-refractivity contribution < 1.29 is 31.1 Å². The minimum atomic E-state index is -4.28. The van der Waals surface area contributed by atoms with E-state index in [4.69, 9.17) is 5.73 Å². The molecule has 1 aromatic rings. The SMILES string of the molecule is COC(=O)c1coc(S(=O)(=O)NCC(F)(F)CN)c1.Cl. The monoisotopic (exact) mass is 334 g/mol. The third-order valence-corrected chi connectivity index (χ3v) is 3.35. The molecule has 1 heterocycles. The molecule has 0 atom stereocenters. The zero-order valence-electron chi connectivity index (χ0n) is 10.3. The Labute approximate surface area is 119 Å². The minimum Gasteiger partial charge on any atom is -0.465 e. The van der Waals surface area contributed by atoms with Crippen LogP contribution in [0.25, 0.3) is 0 Å². The molecule has 0 aliphatic rings. The van der Waals surface area contributed by atoms with Crippen molar-refractivity contribution >= 4 is 28.4 Å². The highest BCUT2D eigenvalue weighted by Gasteiger charge is 2.30. The fraction of sp³-hybridized carbons (Fsp3) is 0.444. The van der Waals surface area contributed by atoms with Crippen LogP contribution in [0.5, 0.6) is 0 Å². The zero-order chi connectivity index (χ0) is 14.7. The quantitative estimate of drug-likeness (QED) is 0.726. The van der Waals surface area contributed by atoms with Crippen molar-refractivity contribution in [3.05, 3.63) is 17.9 Å². The molecule has 116 valence electrons. The molecule has 0 unspecified atom stereocenters. The molecule has 11 heteroatoms. The number of rotatable bonds is 6. The molecule has 1 aromatic heterocycles. The van der Waals surface area contributed by atoms with Gasteiger partial charge in [0.05, 0.1) is 25.8 Å². The number of alkyl halides is 2. The van der Waals surface area contributed by atoms with Gasteiger partial charge >= 0.3 is 5.97 Å². The van der Waals surface area contributed by atoms with Crippen LogP contribution in [-0.2, 0) is 14.8 Å². The lowest BCUT2D eigenvalue weighted by atomic mass is 10.3. The number of esters is 1. The fourth-order valence-corrected chi connectivity index (χ4v) is 2.03. The number of nitrogens with one attached hydrogen (secondary N) is 1. The second kappa shape index (κ2) is 6.97. The summed E-state index contributed by atoms with van der Waals surface area (Å²) in [5.74, 6) is -4.18. The van der Waals surface area contributed by atoms with E-state index in [1.165, 1.54) is 0 Å². The van der Waals surface area contributed by atoms with Gasteiger partial charge in [-0.25, -0.2) is 26.7 Å². The average Bonchev–Trinajstić information content (AvgIpc) is 2.86. The summed E-state index contributed by atoms with van der Waals surface area (Å²) in [5, 5.41) is -0.666. The molecule has 7 nitrogen and oxygen atoms in total.